The minimum absolute atomic E-state index is 0.806. The summed E-state index contributed by atoms with van der Waals surface area (Å²) in [5.74, 6) is 0. The van der Waals surface area contributed by atoms with Crippen LogP contribution in [0.1, 0.15) is 12.0 Å². The number of aryl methyl sites for hydroxylation is 1. The van der Waals surface area contributed by atoms with Crippen LogP contribution in [-0.2, 0) is 11.2 Å². The molecule has 0 fully saturated rings. The summed E-state index contributed by atoms with van der Waals surface area (Å²) in [6.45, 7) is 0. The van der Waals surface area contributed by atoms with Crippen LogP contribution >= 0.6 is 15.9 Å². The number of allylic oxidation sites excluding steroid dienone is 2. The molecule has 0 aromatic heterocycles. The highest BCUT2D eigenvalue weighted by Gasteiger charge is 1.91. The fourth-order valence-electron chi connectivity index (χ4n) is 1.09. The summed E-state index contributed by atoms with van der Waals surface area (Å²) < 4.78 is 1.10. The molecule has 1 rings (SSSR count). The lowest BCUT2D eigenvalue weighted by molar-refractivity contribution is -0.104. The van der Waals surface area contributed by atoms with Crippen LogP contribution < -0.4 is 0 Å². The Morgan fingerprint density at radius 3 is 2.92 bits per heavy atom. The molecule has 0 saturated carbocycles. The van der Waals surface area contributed by atoms with Gasteiger partial charge in [-0.1, -0.05) is 34.1 Å². The van der Waals surface area contributed by atoms with Gasteiger partial charge in [0, 0.05) is 4.47 Å². The molecule has 0 unspecified atom stereocenters. The fraction of sp³-hybridized carbons (Fsp3) is 0.182. The highest BCUT2D eigenvalue weighted by molar-refractivity contribution is 9.10. The van der Waals surface area contributed by atoms with Gasteiger partial charge in [0.15, 0.2) is 0 Å². The number of aldehydes is 1. The minimum Gasteiger partial charge on any atom is -0.299 e. The molecule has 0 amide bonds. The first-order chi connectivity index (χ1) is 6.33. The van der Waals surface area contributed by atoms with Crippen molar-refractivity contribution in [3.8, 4) is 0 Å². The van der Waals surface area contributed by atoms with E-state index in [0.717, 1.165) is 23.6 Å². The lowest BCUT2D eigenvalue weighted by Crippen LogP contribution is -1.82. The first kappa shape index (κ1) is 10.2. The normalized spacial score (nSPS) is 10.5. The van der Waals surface area contributed by atoms with E-state index in [9.17, 15) is 4.79 Å². The van der Waals surface area contributed by atoms with Crippen molar-refractivity contribution >= 4 is 22.2 Å². The maximum atomic E-state index is 9.98. The number of halogens is 1. The standard InChI is InChI=1S/C11H11BrO/c12-11-7-4-6-10(9-11)5-2-1-3-8-13/h1,3-4,6-9H,2,5H2/b3-1+. The molecule has 1 aromatic rings. The van der Waals surface area contributed by atoms with Gasteiger partial charge in [0.25, 0.3) is 0 Å². The van der Waals surface area contributed by atoms with E-state index in [-0.39, 0.29) is 0 Å². The van der Waals surface area contributed by atoms with Crippen LogP contribution in [0, 0.1) is 0 Å². The average Bonchev–Trinajstić information content (AvgIpc) is 2.13. The van der Waals surface area contributed by atoms with Gasteiger partial charge in [-0.3, -0.25) is 4.79 Å². The molecule has 0 aliphatic heterocycles. The Morgan fingerprint density at radius 1 is 1.38 bits per heavy atom. The molecule has 0 bridgehead atoms. The van der Waals surface area contributed by atoms with Gasteiger partial charge in [0.05, 0.1) is 0 Å². The first-order valence-corrected chi connectivity index (χ1v) is 4.97. The summed E-state index contributed by atoms with van der Waals surface area (Å²) in [5.41, 5.74) is 1.28. The minimum atomic E-state index is 0.806. The lowest BCUT2D eigenvalue weighted by Gasteiger charge is -1.97. The summed E-state index contributed by atoms with van der Waals surface area (Å²) in [5, 5.41) is 0. The van der Waals surface area contributed by atoms with Gasteiger partial charge < -0.3 is 0 Å². The summed E-state index contributed by atoms with van der Waals surface area (Å²) in [6, 6.07) is 8.20. The van der Waals surface area contributed by atoms with E-state index in [0.29, 0.717) is 0 Å². The SMILES string of the molecule is O=C/C=C/CCc1cccc(Br)c1. The molecule has 0 radical (unpaired) electrons. The molecule has 0 aliphatic carbocycles. The Balaban J connectivity index is 2.45. The van der Waals surface area contributed by atoms with Gasteiger partial charge in [-0.2, -0.15) is 0 Å². The van der Waals surface area contributed by atoms with E-state index in [2.05, 4.69) is 28.1 Å². The van der Waals surface area contributed by atoms with E-state index >= 15 is 0 Å². The molecule has 0 heterocycles. The molecular formula is C11H11BrO. The molecule has 0 saturated heterocycles. The van der Waals surface area contributed by atoms with Crippen molar-refractivity contribution in [2.24, 2.45) is 0 Å². The number of benzene rings is 1. The summed E-state index contributed by atoms with van der Waals surface area (Å²) in [7, 11) is 0. The Kier molecular flexibility index (Phi) is 4.47. The second-order valence-electron chi connectivity index (χ2n) is 2.73. The topological polar surface area (TPSA) is 17.1 Å². The van der Waals surface area contributed by atoms with Gasteiger partial charge in [0.1, 0.15) is 6.29 Å². The summed E-state index contributed by atoms with van der Waals surface area (Å²) in [6.07, 6.45) is 6.12. The monoisotopic (exact) mass is 238 g/mol. The Bertz CT molecular complexity index is 305. The van der Waals surface area contributed by atoms with Crippen LogP contribution in [0.2, 0.25) is 0 Å². The predicted molar refractivity (Wildman–Crippen MR) is 57.7 cm³/mol. The second kappa shape index (κ2) is 5.70. The number of hydrogen-bond donors (Lipinski definition) is 0. The lowest BCUT2D eigenvalue weighted by atomic mass is 10.1. The van der Waals surface area contributed by atoms with Crippen molar-refractivity contribution in [2.45, 2.75) is 12.8 Å². The van der Waals surface area contributed by atoms with E-state index in [1.807, 2.05) is 18.2 Å². The van der Waals surface area contributed by atoms with Gasteiger partial charge in [-0.15, -0.1) is 0 Å². The maximum absolute atomic E-state index is 9.98. The Hall–Kier alpha value is -0.890. The molecular weight excluding hydrogens is 228 g/mol. The highest BCUT2D eigenvalue weighted by atomic mass is 79.9. The quantitative estimate of drug-likeness (QED) is 0.582. The summed E-state index contributed by atoms with van der Waals surface area (Å²) in [4.78, 5) is 9.98. The molecule has 2 heteroatoms. The van der Waals surface area contributed by atoms with Crippen molar-refractivity contribution in [1.29, 1.82) is 0 Å². The van der Waals surface area contributed by atoms with Crippen LogP contribution in [0.4, 0.5) is 0 Å². The first-order valence-electron chi connectivity index (χ1n) is 4.17. The molecule has 13 heavy (non-hydrogen) atoms. The maximum Gasteiger partial charge on any atom is 0.142 e. The van der Waals surface area contributed by atoms with Crippen molar-refractivity contribution in [3.05, 3.63) is 46.5 Å². The van der Waals surface area contributed by atoms with Crippen LogP contribution in [0.3, 0.4) is 0 Å². The van der Waals surface area contributed by atoms with Crippen LogP contribution in [0.15, 0.2) is 40.9 Å². The van der Waals surface area contributed by atoms with Crippen LogP contribution in [0.25, 0.3) is 0 Å². The third-order valence-electron chi connectivity index (χ3n) is 1.70. The average molecular weight is 239 g/mol. The molecule has 0 aliphatic rings. The van der Waals surface area contributed by atoms with Gasteiger partial charge in [0.2, 0.25) is 0 Å². The molecule has 1 aromatic carbocycles. The summed E-state index contributed by atoms with van der Waals surface area (Å²) >= 11 is 3.41. The predicted octanol–water partition coefficient (Wildman–Crippen LogP) is 3.14. The fourth-order valence-corrected chi connectivity index (χ4v) is 1.54. The van der Waals surface area contributed by atoms with Crippen LogP contribution in [0.5, 0.6) is 0 Å². The number of carbonyl (C=O) groups excluding carboxylic acids is 1. The van der Waals surface area contributed by atoms with Crippen LogP contribution in [-0.4, -0.2) is 6.29 Å². The second-order valence-corrected chi connectivity index (χ2v) is 3.65. The zero-order chi connectivity index (χ0) is 9.52. The Morgan fingerprint density at radius 2 is 2.23 bits per heavy atom. The third kappa shape index (κ3) is 4.04. The molecule has 0 N–H and O–H groups in total. The van der Waals surface area contributed by atoms with Crippen molar-refractivity contribution in [2.75, 3.05) is 0 Å². The Labute approximate surface area is 86.6 Å². The van der Waals surface area contributed by atoms with Gasteiger partial charge >= 0.3 is 0 Å². The third-order valence-corrected chi connectivity index (χ3v) is 2.20. The van der Waals surface area contributed by atoms with E-state index in [4.69, 9.17) is 0 Å². The van der Waals surface area contributed by atoms with Gasteiger partial charge in [-0.05, 0) is 36.6 Å². The van der Waals surface area contributed by atoms with E-state index < -0.39 is 0 Å². The number of hydrogen-bond acceptors (Lipinski definition) is 1. The van der Waals surface area contributed by atoms with Crippen molar-refractivity contribution in [1.82, 2.24) is 0 Å². The van der Waals surface area contributed by atoms with Crippen molar-refractivity contribution < 1.29 is 4.79 Å². The molecule has 0 spiro atoms. The van der Waals surface area contributed by atoms with Crippen molar-refractivity contribution in [3.63, 3.8) is 0 Å². The number of rotatable bonds is 4. The zero-order valence-electron chi connectivity index (χ0n) is 7.24. The largest absolute Gasteiger partial charge is 0.299 e. The van der Waals surface area contributed by atoms with E-state index in [1.54, 1.807) is 0 Å². The highest BCUT2D eigenvalue weighted by Crippen LogP contribution is 2.12. The molecule has 0 atom stereocenters. The smallest absolute Gasteiger partial charge is 0.142 e. The molecule has 1 nitrogen and oxygen atoms in total. The number of carbonyl (C=O) groups is 1. The molecule has 68 valence electrons. The van der Waals surface area contributed by atoms with Gasteiger partial charge in [-0.25, -0.2) is 0 Å². The van der Waals surface area contributed by atoms with E-state index in [1.165, 1.54) is 11.6 Å². The zero-order valence-corrected chi connectivity index (χ0v) is 8.83.